The highest BCUT2D eigenvalue weighted by atomic mass is 16.5. The summed E-state index contributed by atoms with van der Waals surface area (Å²) in [5.41, 5.74) is -0.731. The van der Waals surface area contributed by atoms with E-state index in [1.54, 1.807) is 18.5 Å². The second kappa shape index (κ2) is 5.95. The predicted octanol–water partition coefficient (Wildman–Crippen LogP) is 0.0899. The molecule has 2 fully saturated rings. The molecule has 2 aliphatic heterocycles. The second-order valence-electron chi connectivity index (χ2n) is 5.70. The molecule has 1 aromatic heterocycles. The molecule has 0 aliphatic carbocycles. The molecule has 1 unspecified atom stereocenters. The summed E-state index contributed by atoms with van der Waals surface area (Å²) in [5, 5.41) is 9.49. The van der Waals surface area contributed by atoms with Crippen LogP contribution in [0.5, 0.6) is 0 Å². The third-order valence-corrected chi connectivity index (χ3v) is 4.29. The van der Waals surface area contributed by atoms with E-state index in [0.29, 0.717) is 26.2 Å². The standard InChI is InChI=1S/C14H20N4O3/c19-12(20)14(2-9-21-11-14)10-17-5-7-18(8-6-17)13-15-3-1-4-16-13/h1,3-4H,2,5-11H2,(H,19,20). The molecule has 0 spiro atoms. The Morgan fingerprint density at radius 1 is 1.29 bits per heavy atom. The number of aromatic nitrogens is 2. The molecule has 0 saturated carbocycles. The van der Waals surface area contributed by atoms with Crippen molar-refractivity contribution >= 4 is 11.9 Å². The van der Waals surface area contributed by atoms with E-state index in [9.17, 15) is 9.90 Å². The number of carboxylic acid groups (broad SMARTS) is 1. The van der Waals surface area contributed by atoms with Gasteiger partial charge in [0, 0.05) is 51.7 Å². The fraction of sp³-hybridized carbons (Fsp3) is 0.643. The van der Waals surface area contributed by atoms with Crippen molar-refractivity contribution in [2.24, 2.45) is 5.41 Å². The minimum Gasteiger partial charge on any atom is -0.481 e. The third-order valence-electron chi connectivity index (χ3n) is 4.29. The second-order valence-corrected chi connectivity index (χ2v) is 5.70. The van der Waals surface area contributed by atoms with Gasteiger partial charge in [0.25, 0.3) is 0 Å². The van der Waals surface area contributed by atoms with Crippen LogP contribution in [0.1, 0.15) is 6.42 Å². The van der Waals surface area contributed by atoms with E-state index >= 15 is 0 Å². The van der Waals surface area contributed by atoms with Gasteiger partial charge in [0.15, 0.2) is 0 Å². The zero-order valence-corrected chi connectivity index (χ0v) is 11.9. The molecule has 2 aliphatic rings. The number of hydrogen-bond donors (Lipinski definition) is 1. The first kappa shape index (κ1) is 14.2. The first-order valence-corrected chi connectivity index (χ1v) is 7.25. The number of anilines is 1. The van der Waals surface area contributed by atoms with Gasteiger partial charge in [0.2, 0.25) is 5.95 Å². The number of hydrogen-bond acceptors (Lipinski definition) is 6. The van der Waals surface area contributed by atoms with Crippen LogP contribution in [0, 0.1) is 5.41 Å². The smallest absolute Gasteiger partial charge is 0.313 e. The van der Waals surface area contributed by atoms with Crippen LogP contribution in [0.2, 0.25) is 0 Å². The van der Waals surface area contributed by atoms with Gasteiger partial charge in [-0.2, -0.15) is 0 Å². The van der Waals surface area contributed by atoms with E-state index in [1.807, 2.05) is 0 Å². The van der Waals surface area contributed by atoms with Crippen LogP contribution in [-0.4, -0.2) is 71.9 Å². The molecule has 0 aromatic carbocycles. The van der Waals surface area contributed by atoms with E-state index < -0.39 is 11.4 Å². The molecule has 3 rings (SSSR count). The number of ether oxygens (including phenoxy) is 1. The zero-order valence-electron chi connectivity index (χ0n) is 11.9. The summed E-state index contributed by atoms with van der Waals surface area (Å²) in [4.78, 5) is 24.4. The average Bonchev–Trinajstić information content (AvgIpc) is 2.99. The fourth-order valence-electron chi connectivity index (χ4n) is 2.96. The van der Waals surface area contributed by atoms with Gasteiger partial charge in [-0.15, -0.1) is 0 Å². The molecule has 0 bridgehead atoms. The quantitative estimate of drug-likeness (QED) is 0.842. The SMILES string of the molecule is O=C(O)C1(CN2CCN(c3ncccn3)CC2)CCOC1. The molecule has 3 heterocycles. The number of rotatable bonds is 4. The Morgan fingerprint density at radius 3 is 2.57 bits per heavy atom. The predicted molar refractivity (Wildman–Crippen MR) is 76.2 cm³/mol. The van der Waals surface area contributed by atoms with Crippen molar-refractivity contribution in [1.82, 2.24) is 14.9 Å². The van der Waals surface area contributed by atoms with E-state index in [2.05, 4.69) is 19.8 Å². The summed E-state index contributed by atoms with van der Waals surface area (Å²) in [6, 6.07) is 1.80. The van der Waals surface area contributed by atoms with Crippen LogP contribution in [-0.2, 0) is 9.53 Å². The zero-order chi connectivity index (χ0) is 14.7. The summed E-state index contributed by atoms with van der Waals surface area (Å²) in [6.45, 7) is 4.72. The molecule has 2 saturated heterocycles. The van der Waals surface area contributed by atoms with Gasteiger partial charge in [0.1, 0.15) is 5.41 Å². The van der Waals surface area contributed by atoms with E-state index in [-0.39, 0.29) is 0 Å². The van der Waals surface area contributed by atoms with E-state index in [4.69, 9.17) is 4.74 Å². The van der Waals surface area contributed by atoms with Gasteiger partial charge < -0.3 is 14.7 Å². The van der Waals surface area contributed by atoms with E-state index in [1.165, 1.54) is 0 Å². The number of aliphatic carboxylic acids is 1. The van der Waals surface area contributed by atoms with Crippen molar-refractivity contribution in [3.8, 4) is 0 Å². The molecule has 114 valence electrons. The van der Waals surface area contributed by atoms with Gasteiger partial charge in [0.05, 0.1) is 6.61 Å². The lowest BCUT2D eigenvalue weighted by Crippen LogP contribution is -2.52. The van der Waals surface area contributed by atoms with Crippen molar-refractivity contribution < 1.29 is 14.6 Å². The van der Waals surface area contributed by atoms with Gasteiger partial charge in [-0.3, -0.25) is 9.69 Å². The maximum absolute atomic E-state index is 11.5. The van der Waals surface area contributed by atoms with Gasteiger partial charge in [-0.05, 0) is 12.5 Å². The maximum Gasteiger partial charge on any atom is 0.313 e. The Labute approximate surface area is 123 Å². The molecule has 21 heavy (non-hydrogen) atoms. The Morgan fingerprint density at radius 2 is 2.00 bits per heavy atom. The van der Waals surface area contributed by atoms with Crippen LogP contribution in [0.4, 0.5) is 5.95 Å². The molecular weight excluding hydrogens is 272 g/mol. The highest BCUT2D eigenvalue weighted by molar-refractivity contribution is 5.75. The lowest BCUT2D eigenvalue weighted by Gasteiger charge is -2.38. The first-order valence-electron chi connectivity index (χ1n) is 7.25. The summed E-state index contributed by atoms with van der Waals surface area (Å²) >= 11 is 0. The van der Waals surface area contributed by atoms with Crippen molar-refractivity contribution in [3.63, 3.8) is 0 Å². The number of piperazine rings is 1. The molecule has 1 atom stereocenters. The monoisotopic (exact) mass is 292 g/mol. The Kier molecular flexibility index (Phi) is 4.03. The minimum atomic E-state index is -0.742. The highest BCUT2D eigenvalue weighted by Crippen LogP contribution is 2.30. The van der Waals surface area contributed by atoms with Crippen molar-refractivity contribution in [1.29, 1.82) is 0 Å². The number of carboxylic acids is 1. The van der Waals surface area contributed by atoms with Crippen LogP contribution >= 0.6 is 0 Å². The largest absolute Gasteiger partial charge is 0.481 e. The normalized spacial score (nSPS) is 27.0. The Hall–Kier alpha value is -1.73. The fourth-order valence-corrected chi connectivity index (χ4v) is 2.96. The van der Waals surface area contributed by atoms with Gasteiger partial charge in [-0.1, -0.05) is 0 Å². The molecular formula is C14H20N4O3. The van der Waals surface area contributed by atoms with Crippen molar-refractivity contribution in [2.75, 3.05) is 50.8 Å². The van der Waals surface area contributed by atoms with Gasteiger partial charge in [-0.25, -0.2) is 9.97 Å². The van der Waals surface area contributed by atoms with Crippen LogP contribution in [0.25, 0.3) is 0 Å². The van der Waals surface area contributed by atoms with Crippen molar-refractivity contribution in [2.45, 2.75) is 6.42 Å². The summed E-state index contributed by atoms with van der Waals surface area (Å²) in [7, 11) is 0. The molecule has 1 N–H and O–H groups in total. The summed E-state index contributed by atoms with van der Waals surface area (Å²) in [6.07, 6.45) is 4.08. The van der Waals surface area contributed by atoms with Crippen LogP contribution < -0.4 is 4.90 Å². The molecule has 1 aromatic rings. The Balaban J connectivity index is 1.57. The minimum absolute atomic E-state index is 0.324. The average molecular weight is 292 g/mol. The summed E-state index contributed by atoms with van der Waals surface area (Å²) < 4.78 is 5.32. The number of carbonyl (C=O) groups is 1. The third kappa shape index (κ3) is 2.98. The molecule has 7 nitrogen and oxygen atoms in total. The molecule has 7 heteroatoms. The van der Waals surface area contributed by atoms with E-state index in [0.717, 1.165) is 32.1 Å². The van der Waals surface area contributed by atoms with Crippen LogP contribution in [0.3, 0.4) is 0 Å². The molecule has 0 radical (unpaired) electrons. The highest BCUT2D eigenvalue weighted by Gasteiger charge is 2.44. The number of nitrogens with zero attached hydrogens (tertiary/aromatic N) is 4. The Bertz CT molecular complexity index is 482. The van der Waals surface area contributed by atoms with Gasteiger partial charge >= 0.3 is 5.97 Å². The maximum atomic E-state index is 11.5. The lowest BCUT2D eigenvalue weighted by atomic mass is 9.86. The summed E-state index contributed by atoms with van der Waals surface area (Å²) in [5.74, 6) is 0.00289. The van der Waals surface area contributed by atoms with Crippen molar-refractivity contribution in [3.05, 3.63) is 18.5 Å². The topological polar surface area (TPSA) is 78.8 Å². The van der Waals surface area contributed by atoms with Crippen LogP contribution in [0.15, 0.2) is 18.5 Å². The first-order chi connectivity index (χ1) is 10.2. The lowest BCUT2D eigenvalue weighted by molar-refractivity contribution is -0.150. The molecule has 0 amide bonds.